The number of nitrogens with zero attached hydrogens (tertiary/aromatic N) is 1. The minimum Gasteiger partial charge on any atom is -0.493 e. The van der Waals surface area contributed by atoms with Crippen molar-refractivity contribution in [2.45, 2.75) is 12.8 Å². The van der Waals surface area contributed by atoms with Crippen LogP contribution in [0.3, 0.4) is 0 Å². The largest absolute Gasteiger partial charge is 0.493 e. The summed E-state index contributed by atoms with van der Waals surface area (Å²) in [6.45, 7) is 0. The lowest BCUT2D eigenvalue weighted by atomic mass is 9.92. The molecule has 0 bridgehead atoms. The molecule has 0 fully saturated rings. The molecular weight excluding hydrogens is 334 g/mol. The van der Waals surface area contributed by atoms with Crippen molar-refractivity contribution in [3.63, 3.8) is 0 Å². The molecule has 0 aliphatic carbocycles. The van der Waals surface area contributed by atoms with Crippen LogP contribution in [0.5, 0.6) is 23.0 Å². The summed E-state index contributed by atoms with van der Waals surface area (Å²) >= 11 is 0. The van der Waals surface area contributed by atoms with Gasteiger partial charge in [0.2, 0.25) is 5.91 Å². The molecule has 0 spiro atoms. The lowest BCUT2D eigenvalue weighted by Crippen LogP contribution is -2.19. The molecule has 6 heteroatoms. The zero-order valence-corrected chi connectivity index (χ0v) is 15.3. The van der Waals surface area contributed by atoms with Crippen LogP contribution in [0.1, 0.15) is 16.7 Å². The number of hydrogen-bond acceptors (Lipinski definition) is 5. The molecule has 1 aliphatic rings. The number of carbonyl (C=O) groups is 1. The van der Waals surface area contributed by atoms with Crippen LogP contribution in [0.15, 0.2) is 35.3 Å². The number of methoxy groups -OCH3 is 4. The number of rotatable bonds is 6. The summed E-state index contributed by atoms with van der Waals surface area (Å²) in [4.78, 5) is 16.4. The monoisotopic (exact) mass is 355 g/mol. The number of amides is 1. The highest BCUT2D eigenvalue weighted by Crippen LogP contribution is 2.34. The molecule has 0 unspecified atom stereocenters. The van der Waals surface area contributed by atoms with Crippen molar-refractivity contribution in [1.82, 2.24) is 0 Å². The summed E-state index contributed by atoms with van der Waals surface area (Å²) in [7, 11) is 6.35. The first kappa shape index (κ1) is 17.8. The maximum Gasteiger partial charge on any atom is 0.250 e. The zero-order chi connectivity index (χ0) is 18.7. The van der Waals surface area contributed by atoms with Crippen LogP contribution in [-0.4, -0.2) is 40.1 Å². The molecule has 3 rings (SSSR count). The molecule has 0 saturated heterocycles. The van der Waals surface area contributed by atoms with E-state index in [2.05, 4.69) is 4.99 Å². The van der Waals surface area contributed by atoms with Crippen molar-refractivity contribution >= 4 is 11.6 Å². The molecule has 1 heterocycles. The number of fused-ring (bicyclic) bond motifs is 1. The van der Waals surface area contributed by atoms with Gasteiger partial charge in [-0.1, -0.05) is 6.07 Å². The zero-order valence-electron chi connectivity index (χ0n) is 15.3. The summed E-state index contributed by atoms with van der Waals surface area (Å²) in [5, 5.41) is 0. The van der Waals surface area contributed by atoms with Gasteiger partial charge in [0, 0.05) is 12.0 Å². The highest BCUT2D eigenvalue weighted by Gasteiger charge is 2.23. The van der Waals surface area contributed by atoms with E-state index in [1.54, 1.807) is 28.4 Å². The van der Waals surface area contributed by atoms with Crippen molar-refractivity contribution in [3.8, 4) is 23.0 Å². The number of ether oxygens (including phenoxy) is 4. The van der Waals surface area contributed by atoms with Crippen LogP contribution in [0.25, 0.3) is 0 Å². The summed E-state index contributed by atoms with van der Waals surface area (Å²) in [6, 6.07) is 9.38. The molecule has 0 saturated carbocycles. The first-order valence-electron chi connectivity index (χ1n) is 8.16. The topological polar surface area (TPSA) is 66.4 Å². The van der Waals surface area contributed by atoms with Gasteiger partial charge >= 0.3 is 0 Å². The van der Waals surface area contributed by atoms with Gasteiger partial charge in [-0.25, -0.2) is 4.99 Å². The van der Waals surface area contributed by atoms with E-state index < -0.39 is 0 Å². The Balaban J connectivity index is 2.00. The van der Waals surface area contributed by atoms with Crippen LogP contribution < -0.4 is 18.9 Å². The predicted octanol–water partition coefficient (Wildman–Crippen LogP) is 2.84. The highest BCUT2D eigenvalue weighted by atomic mass is 16.5. The molecule has 0 aromatic heterocycles. The Morgan fingerprint density at radius 1 is 0.846 bits per heavy atom. The van der Waals surface area contributed by atoms with Crippen LogP contribution in [-0.2, 0) is 17.6 Å². The van der Waals surface area contributed by atoms with Crippen LogP contribution in [0, 0.1) is 0 Å². The van der Waals surface area contributed by atoms with Gasteiger partial charge in [-0.15, -0.1) is 0 Å². The number of carbonyl (C=O) groups excluding carboxylic acids is 1. The Kier molecular flexibility index (Phi) is 5.11. The Bertz CT molecular complexity index is 873. The molecule has 26 heavy (non-hydrogen) atoms. The third-order valence-electron chi connectivity index (χ3n) is 4.34. The minimum atomic E-state index is -0.166. The quantitative estimate of drug-likeness (QED) is 0.797. The van der Waals surface area contributed by atoms with Crippen LogP contribution in [0.4, 0.5) is 0 Å². The fourth-order valence-corrected chi connectivity index (χ4v) is 3.07. The summed E-state index contributed by atoms with van der Waals surface area (Å²) in [5.41, 5.74) is 3.46. The fraction of sp³-hybridized carbons (Fsp3) is 0.300. The Morgan fingerprint density at radius 3 is 2.12 bits per heavy atom. The molecule has 0 atom stereocenters. The van der Waals surface area contributed by atoms with Gasteiger partial charge in [0.1, 0.15) is 0 Å². The Morgan fingerprint density at radius 2 is 1.46 bits per heavy atom. The van der Waals surface area contributed by atoms with Gasteiger partial charge < -0.3 is 18.9 Å². The lowest BCUT2D eigenvalue weighted by Gasteiger charge is -2.19. The second-order valence-corrected chi connectivity index (χ2v) is 5.86. The van der Waals surface area contributed by atoms with E-state index in [0.29, 0.717) is 35.1 Å². The van der Waals surface area contributed by atoms with E-state index in [1.165, 1.54) is 0 Å². The Labute approximate surface area is 152 Å². The molecule has 6 nitrogen and oxygen atoms in total. The predicted molar refractivity (Wildman–Crippen MR) is 98.0 cm³/mol. The number of benzene rings is 2. The standard InChI is InChI=1S/C20H21NO5/c1-23-16-6-5-12(8-17(16)24-2)7-15-14-11-19(26-4)18(25-3)9-13(14)10-20(22)21-15/h5-6,8-9,11H,7,10H2,1-4H3. The first-order valence-corrected chi connectivity index (χ1v) is 8.16. The second kappa shape index (κ2) is 7.47. The second-order valence-electron chi connectivity index (χ2n) is 5.86. The van der Waals surface area contributed by atoms with Crippen LogP contribution >= 0.6 is 0 Å². The molecular formula is C20H21NO5. The van der Waals surface area contributed by atoms with Gasteiger partial charge in [-0.3, -0.25) is 4.79 Å². The van der Waals surface area contributed by atoms with Gasteiger partial charge in [0.25, 0.3) is 0 Å². The number of hydrogen-bond donors (Lipinski definition) is 0. The maximum atomic E-state index is 12.1. The lowest BCUT2D eigenvalue weighted by molar-refractivity contribution is -0.117. The smallest absolute Gasteiger partial charge is 0.250 e. The molecule has 2 aromatic rings. The van der Waals surface area contributed by atoms with E-state index in [0.717, 1.165) is 16.7 Å². The van der Waals surface area contributed by atoms with Gasteiger partial charge in [0.15, 0.2) is 23.0 Å². The summed E-state index contributed by atoms with van der Waals surface area (Å²) in [6.07, 6.45) is 0.750. The first-order chi connectivity index (χ1) is 12.6. The summed E-state index contributed by atoms with van der Waals surface area (Å²) < 4.78 is 21.4. The third kappa shape index (κ3) is 3.35. The maximum absolute atomic E-state index is 12.1. The minimum absolute atomic E-state index is 0.166. The van der Waals surface area contributed by atoms with Crippen molar-refractivity contribution in [3.05, 3.63) is 47.0 Å². The molecule has 0 radical (unpaired) electrons. The van der Waals surface area contributed by atoms with Crippen molar-refractivity contribution in [1.29, 1.82) is 0 Å². The van der Waals surface area contributed by atoms with Crippen LogP contribution in [0.2, 0.25) is 0 Å². The average molecular weight is 355 g/mol. The van der Waals surface area contributed by atoms with E-state index >= 15 is 0 Å². The highest BCUT2D eigenvalue weighted by molar-refractivity contribution is 6.12. The third-order valence-corrected chi connectivity index (χ3v) is 4.34. The van der Waals surface area contributed by atoms with Gasteiger partial charge in [-0.05, 0) is 35.4 Å². The van der Waals surface area contributed by atoms with E-state index in [-0.39, 0.29) is 12.3 Å². The molecule has 136 valence electrons. The number of aliphatic imine (C=N–C) groups is 1. The van der Waals surface area contributed by atoms with Crippen molar-refractivity contribution in [2.24, 2.45) is 4.99 Å². The van der Waals surface area contributed by atoms with Gasteiger partial charge in [0.05, 0.1) is 40.6 Å². The summed E-state index contributed by atoms with van der Waals surface area (Å²) in [5.74, 6) is 2.34. The molecule has 2 aromatic carbocycles. The molecule has 1 aliphatic heterocycles. The van der Waals surface area contributed by atoms with E-state index in [9.17, 15) is 4.79 Å². The van der Waals surface area contributed by atoms with Gasteiger partial charge in [-0.2, -0.15) is 0 Å². The normalized spacial score (nSPS) is 12.9. The SMILES string of the molecule is COc1ccc(CC2=NC(=O)Cc3cc(OC)c(OC)cc32)cc1OC. The average Bonchev–Trinajstić information content (AvgIpc) is 2.66. The fourth-order valence-electron chi connectivity index (χ4n) is 3.07. The van der Waals surface area contributed by atoms with E-state index in [4.69, 9.17) is 18.9 Å². The van der Waals surface area contributed by atoms with Crippen molar-refractivity contribution < 1.29 is 23.7 Å². The molecule has 1 amide bonds. The van der Waals surface area contributed by atoms with E-state index in [1.807, 2.05) is 30.3 Å². The van der Waals surface area contributed by atoms with Crippen molar-refractivity contribution in [2.75, 3.05) is 28.4 Å². The molecule has 0 N–H and O–H groups in total. The Hall–Kier alpha value is -3.02.